The molecule has 0 atom stereocenters. The molecule has 2 aromatic heterocycles. The Hall–Kier alpha value is -3.69. The topological polar surface area (TPSA) is 63.2 Å². The summed E-state index contributed by atoms with van der Waals surface area (Å²) >= 11 is 0.834. The van der Waals surface area contributed by atoms with Crippen molar-refractivity contribution < 1.29 is 22.8 Å². The molecule has 0 saturated carbocycles. The number of pyridine rings is 1. The molecule has 3 heterocycles. The third-order valence-electron chi connectivity index (χ3n) is 7.32. The van der Waals surface area contributed by atoms with Gasteiger partial charge in [0, 0.05) is 29.4 Å². The number of benzene rings is 2. The number of carbonyl (C=O) groups is 2. The molecule has 4 aromatic rings. The number of thiazole rings is 1. The summed E-state index contributed by atoms with van der Waals surface area (Å²) in [6.45, 7) is 3.96. The molecule has 0 bridgehead atoms. The smallest absolute Gasteiger partial charge is 0.297 e. The van der Waals surface area contributed by atoms with Crippen LogP contribution in [-0.2, 0) is 25.6 Å². The number of aromatic nitrogens is 2. The van der Waals surface area contributed by atoms with Crippen LogP contribution >= 0.6 is 11.3 Å². The summed E-state index contributed by atoms with van der Waals surface area (Å²) in [5, 5.41) is 0.312. The molecule has 1 fully saturated rings. The highest BCUT2D eigenvalue weighted by Crippen LogP contribution is 2.35. The van der Waals surface area contributed by atoms with Gasteiger partial charge in [0.25, 0.3) is 0 Å². The van der Waals surface area contributed by atoms with E-state index >= 15 is 0 Å². The number of hydrogen-bond acceptors (Lipinski definition) is 6. The fourth-order valence-corrected chi connectivity index (χ4v) is 6.06. The van der Waals surface area contributed by atoms with E-state index in [2.05, 4.69) is 14.9 Å². The number of carbonyl (C=O) groups excluding carboxylic acids is 2. The standard InChI is InChI=1S/C32H30F3N3O2S/c1-21-7-3-4-8-24(21)17-27(39)23-11-9-22(10-12-23)25-13-14-26(36-19-25)18-28(40)30-31(32(33,34)35)37-29(41-30)20-38-15-5-2-6-16-38/h3-4,7-14,19H,2,5-6,15-18,20H2,1H3. The summed E-state index contributed by atoms with van der Waals surface area (Å²) in [6, 6.07) is 18.4. The van der Waals surface area contributed by atoms with Crippen LogP contribution < -0.4 is 0 Å². The summed E-state index contributed by atoms with van der Waals surface area (Å²) in [5.41, 5.74) is 3.57. The van der Waals surface area contributed by atoms with E-state index in [1.807, 2.05) is 43.3 Å². The van der Waals surface area contributed by atoms with Crippen molar-refractivity contribution in [3.63, 3.8) is 0 Å². The van der Waals surface area contributed by atoms with E-state index in [4.69, 9.17) is 0 Å². The number of Topliss-reactive ketones (excluding diaryl/α,β-unsaturated/α-hetero) is 2. The lowest BCUT2D eigenvalue weighted by Crippen LogP contribution is -2.29. The molecule has 0 spiro atoms. The van der Waals surface area contributed by atoms with Gasteiger partial charge in [-0.3, -0.25) is 19.5 Å². The highest BCUT2D eigenvalue weighted by molar-refractivity contribution is 7.13. The Bertz CT molecular complexity index is 1520. The van der Waals surface area contributed by atoms with Gasteiger partial charge in [-0.05, 0) is 55.6 Å². The normalized spacial score (nSPS) is 14.2. The van der Waals surface area contributed by atoms with Crippen LogP contribution in [-0.4, -0.2) is 39.5 Å². The largest absolute Gasteiger partial charge is 0.434 e. The number of nitrogens with zero attached hydrogens (tertiary/aromatic N) is 3. The van der Waals surface area contributed by atoms with Gasteiger partial charge in [0.15, 0.2) is 17.3 Å². The third kappa shape index (κ3) is 7.15. The fourth-order valence-electron chi connectivity index (χ4n) is 5.00. The lowest BCUT2D eigenvalue weighted by molar-refractivity contribution is -0.141. The van der Waals surface area contributed by atoms with Gasteiger partial charge in [-0.2, -0.15) is 13.2 Å². The molecule has 41 heavy (non-hydrogen) atoms. The zero-order valence-corrected chi connectivity index (χ0v) is 23.5. The molecule has 0 unspecified atom stereocenters. The lowest BCUT2D eigenvalue weighted by Gasteiger charge is -2.25. The van der Waals surface area contributed by atoms with Crippen LogP contribution in [0.15, 0.2) is 66.9 Å². The lowest BCUT2D eigenvalue weighted by atomic mass is 9.98. The van der Waals surface area contributed by atoms with Gasteiger partial charge in [0.1, 0.15) is 9.88 Å². The number of halogens is 3. The number of aryl methyl sites for hydroxylation is 1. The number of piperidine rings is 1. The molecule has 0 aliphatic carbocycles. The molecule has 5 nitrogen and oxygen atoms in total. The van der Waals surface area contributed by atoms with Crippen LogP contribution in [0.4, 0.5) is 13.2 Å². The van der Waals surface area contributed by atoms with Crippen molar-refractivity contribution in [2.45, 2.75) is 51.7 Å². The van der Waals surface area contributed by atoms with Crippen molar-refractivity contribution in [1.29, 1.82) is 0 Å². The second-order valence-corrected chi connectivity index (χ2v) is 11.4. The van der Waals surface area contributed by atoms with Crippen LogP contribution in [0.25, 0.3) is 11.1 Å². The van der Waals surface area contributed by atoms with Crippen LogP contribution in [0.2, 0.25) is 0 Å². The molecule has 1 aliphatic heterocycles. The predicted octanol–water partition coefficient (Wildman–Crippen LogP) is 7.37. The second-order valence-electron chi connectivity index (χ2n) is 10.4. The van der Waals surface area contributed by atoms with E-state index in [9.17, 15) is 22.8 Å². The first-order valence-corrected chi connectivity index (χ1v) is 14.4. The maximum Gasteiger partial charge on any atom is 0.434 e. The number of ketones is 2. The number of likely N-dealkylation sites (tertiary alicyclic amines) is 1. The minimum absolute atomic E-state index is 0.0261. The third-order valence-corrected chi connectivity index (χ3v) is 8.40. The number of alkyl halides is 3. The molecule has 5 rings (SSSR count). The van der Waals surface area contributed by atoms with Crippen molar-refractivity contribution in [1.82, 2.24) is 14.9 Å². The van der Waals surface area contributed by atoms with Gasteiger partial charge in [-0.1, -0.05) is 61.0 Å². The minimum atomic E-state index is -4.70. The molecule has 2 aromatic carbocycles. The van der Waals surface area contributed by atoms with Crippen LogP contribution in [0.3, 0.4) is 0 Å². The molecular weight excluding hydrogens is 547 g/mol. The van der Waals surface area contributed by atoms with Crippen molar-refractivity contribution in [3.8, 4) is 11.1 Å². The number of rotatable bonds is 9. The Balaban J connectivity index is 1.25. The Labute approximate surface area is 241 Å². The first-order chi connectivity index (χ1) is 19.7. The molecule has 1 aliphatic rings. The maximum absolute atomic E-state index is 13.7. The molecule has 0 N–H and O–H groups in total. The van der Waals surface area contributed by atoms with E-state index in [0.717, 1.165) is 65.9 Å². The quantitative estimate of drug-likeness (QED) is 0.194. The average molecular weight is 578 g/mol. The Morgan fingerprint density at radius 2 is 1.59 bits per heavy atom. The highest BCUT2D eigenvalue weighted by Gasteiger charge is 2.39. The van der Waals surface area contributed by atoms with Crippen LogP contribution in [0.1, 0.15) is 66.8 Å². The van der Waals surface area contributed by atoms with Gasteiger partial charge in [0.05, 0.1) is 13.0 Å². The zero-order chi connectivity index (χ0) is 29.0. The van der Waals surface area contributed by atoms with Crippen LogP contribution in [0, 0.1) is 6.92 Å². The maximum atomic E-state index is 13.7. The molecular formula is C32H30F3N3O2S. The predicted molar refractivity (Wildman–Crippen MR) is 153 cm³/mol. The van der Waals surface area contributed by atoms with Crippen molar-refractivity contribution in [2.24, 2.45) is 0 Å². The van der Waals surface area contributed by atoms with E-state index < -0.39 is 17.7 Å². The van der Waals surface area contributed by atoms with Gasteiger partial charge in [-0.25, -0.2) is 4.98 Å². The highest BCUT2D eigenvalue weighted by atomic mass is 32.1. The molecule has 1 saturated heterocycles. The fraction of sp³-hybridized carbons (Fsp3) is 0.312. The van der Waals surface area contributed by atoms with Gasteiger partial charge in [-0.15, -0.1) is 11.3 Å². The molecule has 9 heteroatoms. The summed E-state index contributed by atoms with van der Waals surface area (Å²) in [5.74, 6) is -0.616. The van der Waals surface area contributed by atoms with Gasteiger partial charge < -0.3 is 0 Å². The van der Waals surface area contributed by atoms with Crippen LogP contribution in [0.5, 0.6) is 0 Å². The minimum Gasteiger partial charge on any atom is -0.297 e. The first kappa shape index (κ1) is 28.8. The van der Waals surface area contributed by atoms with E-state index in [0.29, 0.717) is 29.2 Å². The first-order valence-electron chi connectivity index (χ1n) is 13.6. The summed E-state index contributed by atoms with van der Waals surface area (Å²) in [7, 11) is 0. The van der Waals surface area contributed by atoms with Crippen molar-refractivity contribution >= 4 is 22.9 Å². The van der Waals surface area contributed by atoms with E-state index in [1.165, 1.54) is 0 Å². The zero-order valence-electron chi connectivity index (χ0n) is 22.7. The molecule has 0 radical (unpaired) electrons. The molecule has 212 valence electrons. The van der Waals surface area contributed by atoms with Gasteiger partial charge in [0.2, 0.25) is 0 Å². The van der Waals surface area contributed by atoms with E-state index in [1.54, 1.807) is 30.5 Å². The summed E-state index contributed by atoms with van der Waals surface area (Å²) in [4.78, 5) is 35.6. The van der Waals surface area contributed by atoms with Crippen molar-refractivity contribution in [2.75, 3.05) is 13.1 Å². The SMILES string of the molecule is Cc1ccccc1CC(=O)c1ccc(-c2ccc(CC(=O)c3sc(CN4CCCCC4)nc3C(F)(F)F)nc2)cc1. The monoisotopic (exact) mass is 577 g/mol. The Kier molecular flexibility index (Phi) is 8.75. The van der Waals surface area contributed by atoms with E-state index in [-0.39, 0.29) is 17.1 Å². The molecule has 0 amide bonds. The number of hydrogen-bond donors (Lipinski definition) is 0. The Morgan fingerprint density at radius 3 is 2.24 bits per heavy atom. The Morgan fingerprint density at radius 1 is 0.878 bits per heavy atom. The van der Waals surface area contributed by atoms with Gasteiger partial charge >= 0.3 is 6.18 Å². The average Bonchev–Trinajstić information content (AvgIpc) is 3.40. The van der Waals surface area contributed by atoms with Crippen molar-refractivity contribution in [3.05, 3.63) is 105 Å². The second kappa shape index (κ2) is 12.4. The summed E-state index contributed by atoms with van der Waals surface area (Å²) in [6.07, 6.45) is 0.116. The summed E-state index contributed by atoms with van der Waals surface area (Å²) < 4.78 is 41.2.